The molecule has 2 aromatic rings. The summed E-state index contributed by atoms with van der Waals surface area (Å²) in [6.45, 7) is 0. The van der Waals surface area contributed by atoms with E-state index in [-0.39, 0.29) is 11.4 Å². The first-order valence-corrected chi connectivity index (χ1v) is 4.57. The van der Waals surface area contributed by atoms with Gasteiger partial charge in [-0.2, -0.15) is 0 Å². The molecule has 3 N–H and O–H groups in total. The number of aromatic nitrogens is 2. The summed E-state index contributed by atoms with van der Waals surface area (Å²) in [6.07, 6.45) is 4.64. The van der Waals surface area contributed by atoms with E-state index in [0.717, 1.165) is 0 Å². The maximum absolute atomic E-state index is 11.0. The van der Waals surface area contributed by atoms with Crippen molar-refractivity contribution in [1.29, 1.82) is 0 Å². The van der Waals surface area contributed by atoms with E-state index < -0.39 is 5.97 Å². The Morgan fingerprint density at radius 1 is 1.38 bits per heavy atom. The van der Waals surface area contributed by atoms with Crippen molar-refractivity contribution in [3.8, 4) is 11.1 Å². The summed E-state index contributed by atoms with van der Waals surface area (Å²) in [7, 11) is 0. The van der Waals surface area contributed by atoms with Crippen LogP contribution in [-0.2, 0) is 0 Å². The zero-order valence-corrected chi connectivity index (χ0v) is 8.29. The van der Waals surface area contributed by atoms with Crippen LogP contribution in [0.15, 0.2) is 36.8 Å². The number of rotatable bonds is 2. The van der Waals surface area contributed by atoms with E-state index in [2.05, 4.69) is 9.97 Å². The predicted molar refractivity (Wildman–Crippen MR) is 58.8 cm³/mol. The van der Waals surface area contributed by atoms with Crippen LogP contribution in [0.2, 0.25) is 0 Å². The third-order valence-electron chi connectivity index (χ3n) is 2.13. The Morgan fingerprint density at radius 3 is 2.81 bits per heavy atom. The third-order valence-corrected chi connectivity index (χ3v) is 2.13. The molecule has 0 aliphatic heterocycles. The number of carboxylic acid groups (broad SMARTS) is 1. The Hall–Kier alpha value is -2.43. The van der Waals surface area contributed by atoms with Gasteiger partial charge in [0.15, 0.2) is 0 Å². The predicted octanol–water partition coefficient (Wildman–Crippen LogP) is 1.42. The molecule has 80 valence electrons. The minimum atomic E-state index is -1.03. The number of nitrogens with zero attached hydrogens (tertiary/aromatic N) is 2. The van der Waals surface area contributed by atoms with Gasteiger partial charge >= 0.3 is 5.97 Å². The highest BCUT2D eigenvalue weighted by Crippen LogP contribution is 2.23. The van der Waals surface area contributed by atoms with Crippen molar-refractivity contribution >= 4 is 11.8 Å². The molecule has 0 aliphatic rings. The number of aromatic carboxylic acids is 1. The van der Waals surface area contributed by atoms with Crippen LogP contribution in [0.1, 0.15) is 10.4 Å². The molecule has 5 heteroatoms. The van der Waals surface area contributed by atoms with Crippen LogP contribution in [-0.4, -0.2) is 21.0 Å². The van der Waals surface area contributed by atoms with E-state index in [1.807, 2.05) is 0 Å². The fraction of sp³-hybridized carbons (Fsp3) is 0. The van der Waals surface area contributed by atoms with Gasteiger partial charge in [-0.25, -0.2) is 9.78 Å². The zero-order chi connectivity index (χ0) is 11.5. The number of nitrogen functional groups attached to an aromatic ring is 1. The topological polar surface area (TPSA) is 89.1 Å². The SMILES string of the molecule is Nc1cc(C(=O)O)c(-c2cccnc2)cn1. The van der Waals surface area contributed by atoms with Gasteiger partial charge < -0.3 is 10.8 Å². The lowest BCUT2D eigenvalue weighted by molar-refractivity contribution is 0.0697. The summed E-state index contributed by atoms with van der Waals surface area (Å²) in [5.41, 5.74) is 6.79. The number of hydrogen-bond donors (Lipinski definition) is 2. The van der Waals surface area contributed by atoms with Crippen LogP contribution in [0.25, 0.3) is 11.1 Å². The van der Waals surface area contributed by atoms with Gasteiger partial charge in [0, 0.05) is 29.7 Å². The van der Waals surface area contributed by atoms with E-state index in [1.54, 1.807) is 24.5 Å². The highest BCUT2D eigenvalue weighted by atomic mass is 16.4. The number of nitrogens with two attached hydrogens (primary N) is 1. The molecule has 0 radical (unpaired) electrons. The standard InChI is InChI=1S/C11H9N3O2/c12-10-4-8(11(15)16)9(6-14-10)7-2-1-3-13-5-7/h1-6H,(H2,12,14)(H,15,16). The fourth-order valence-corrected chi connectivity index (χ4v) is 1.40. The maximum atomic E-state index is 11.0. The Balaban J connectivity index is 2.61. The lowest BCUT2D eigenvalue weighted by Gasteiger charge is -2.05. The Labute approximate surface area is 91.6 Å². The summed E-state index contributed by atoms with van der Waals surface area (Å²) in [5.74, 6) is -0.849. The molecule has 16 heavy (non-hydrogen) atoms. The molecule has 2 heterocycles. The van der Waals surface area contributed by atoms with Gasteiger partial charge in [-0.3, -0.25) is 4.98 Å². The first-order chi connectivity index (χ1) is 7.68. The minimum Gasteiger partial charge on any atom is -0.478 e. The van der Waals surface area contributed by atoms with Crippen molar-refractivity contribution < 1.29 is 9.90 Å². The number of pyridine rings is 2. The maximum Gasteiger partial charge on any atom is 0.336 e. The molecule has 0 aliphatic carbocycles. The van der Waals surface area contributed by atoms with E-state index in [1.165, 1.54) is 12.3 Å². The molecule has 0 atom stereocenters. The molecular weight excluding hydrogens is 206 g/mol. The monoisotopic (exact) mass is 215 g/mol. The van der Waals surface area contributed by atoms with Crippen LogP contribution in [0, 0.1) is 0 Å². The quantitative estimate of drug-likeness (QED) is 0.790. The molecule has 0 fully saturated rings. The zero-order valence-electron chi connectivity index (χ0n) is 8.29. The summed E-state index contributed by atoms with van der Waals surface area (Å²) < 4.78 is 0. The van der Waals surface area contributed by atoms with Gasteiger partial charge in [-0.05, 0) is 12.1 Å². The molecule has 0 aromatic carbocycles. The molecule has 0 saturated carbocycles. The molecule has 0 bridgehead atoms. The summed E-state index contributed by atoms with van der Waals surface area (Å²) in [6, 6.07) is 4.84. The second-order valence-corrected chi connectivity index (χ2v) is 3.20. The van der Waals surface area contributed by atoms with Crippen LogP contribution in [0.3, 0.4) is 0 Å². The largest absolute Gasteiger partial charge is 0.478 e. The molecular formula is C11H9N3O2. The van der Waals surface area contributed by atoms with Crippen molar-refractivity contribution in [3.05, 3.63) is 42.4 Å². The average Bonchev–Trinajstić information content (AvgIpc) is 2.30. The molecule has 0 amide bonds. The normalized spacial score (nSPS) is 10.0. The summed E-state index contributed by atoms with van der Waals surface area (Å²) >= 11 is 0. The van der Waals surface area contributed by atoms with Crippen molar-refractivity contribution in [3.63, 3.8) is 0 Å². The van der Waals surface area contributed by atoms with Gasteiger partial charge in [0.1, 0.15) is 5.82 Å². The van der Waals surface area contributed by atoms with E-state index in [4.69, 9.17) is 10.8 Å². The lowest BCUT2D eigenvalue weighted by atomic mass is 10.0. The van der Waals surface area contributed by atoms with Crippen molar-refractivity contribution in [2.24, 2.45) is 0 Å². The number of anilines is 1. The Kier molecular flexibility index (Phi) is 2.51. The van der Waals surface area contributed by atoms with Gasteiger partial charge in [0.05, 0.1) is 5.56 Å². The smallest absolute Gasteiger partial charge is 0.336 e. The first-order valence-electron chi connectivity index (χ1n) is 4.57. The van der Waals surface area contributed by atoms with Crippen molar-refractivity contribution in [2.75, 3.05) is 5.73 Å². The van der Waals surface area contributed by atoms with Gasteiger partial charge in [0.25, 0.3) is 0 Å². The lowest BCUT2D eigenvalue weighted by Crippen LogP contribution is -2.02. The minimum absolute atomic E-state index is 0.125. The molecule has 0 spiro atoms. The van der Waals surface area contributed by atoms with Gasteiger partial charge in [-0.1, -0.05) is 6.07 Å². The van der Waals surface area contributed by atoms with Crippen LogP contribution >= 0.6 is 0 Å². The summed E-state index contributed by atoms with van der Waals surface area (Å²) in [4.78, 5) is 18.9. The average molecular weight is 215 g/mol. The molecule has 0 unspecified atom stereocenters. The number of hydrogen-bond acceptors (Lipinski definition) is 4. The molecule has 2 aromatic heterocycles. The second-order valence-electron chi connectivity index (χ2n) is 3.20. The Morgan fingerprint density at radius 2 is 2.19 bits per heavy atom. The number of carbonyl (C=O) groups is 1. The van der Waals surface area contributed by atoms with E-state index in [9.17, 15) is 4.79 Å². The van der Waals surface area contributed by atoms with Crippen LogP contribution in [0.4, 0.5) is 5.82 Å². The van der Waals surface area contributed by atoms with Crippen LogP contribution in [0.5, 0.6) is 0 Å². The van der Waals surface area contributed by atoms with Crippen molar-refractivity contribution in [2.45, 2.75) is 0 Å². The number of carboxylic acids is 1. The first kappa shape index (κ1) is 10.1. The van der Waals surface area contributed by atoms with Gasteiger partial charge in [-0.15, -0.1) is 0 Å². The summed E-state index contributed by atoms with van der Waals surface area (Å²) in [5, 5.41) is 9.05. The van der Waals surface area contributed by atoms with Crippen molar-refractivity contribution in [1.82, 2.24) is 9.97 Å². The highest BCUT2D eigenvalue weighted by Gasteiger charge is 2.12. The fourth-order valence-electron chi connectivity index (χ4n) is 1.40. The molecule has 5 nitrogen and oxygen atoms in total. The van der Waals surface area contributed by atoms with Crippen LogP contribution < -0.4 is 5.73 Å². The Bertz CT molecular complexity index is 526. The third kappa shape index (κ3) is 1.83. The highest BCUT2D eigenvalue weighted by molar-refractivity contribution is 5.96. The van der Waals surface area contributed by atoms with E-state index >= 15 is 0 Å². The molecule has 0 saturated heterocycles. The van der Waals surface area contributed by atoms with E-state index in [0.29, 0.717) is 11.1 Å². The molecule has 2 rings (SSSR count). The van der Waals surface area contributed by atoms with Gasteiger partial charge in [0.2, 0.25) is 0 Å². The second kappa shape index (κ2) is 3.98.